The smallest absolute Gasteiger partial charge is 0.319 e. The highest BCUT2D eigenvalue weighted by Gasteiger charge is 2.49. The van der Waals surface area contributed by atoms with Crippen molar-refractivity contribution in [1.82, 2.24) is 10.2 Å². The number of nitrogens with one attached hydrogen (secondary N) is 1. The highest BCUT2D eigenvalue weighted by atomic mass is 16.2. The van der Waals surface area contributed by atoms with Crippen molar-refractivity contribution in [2.75, 3.05) is 18.0 Å². The second-order valence-corrected chi connectivity index (χ2v) is 6.61. The van der Waals surface area contributed by atoms with E-state index >= 15 is 0 Å². The maximum absolute atomic E-state index is 13.0. The highest BCUT2D eigenvalue weighted by molar-refractivity contribution is 6.10. The largest absolute Gasteiger partial charge is 0.325 e. The zero-order chi connectivity index (χ0) is 20.3. The SMILES string of the molecule is CCN(C(=O)CN1C(=O)N[C@](C)(c2cccc(C#N)c2)C1=O)c1ccccc1. The number of carbonyl (C=O) groups is 3. The number of hydrogen-bond donors (Lipinski definition) is 1. The Hall–Kier alpha value is -3.66. The fraction of sp³-hybridized carbons (Fsp3) is 0.238. The van der Waals surface area contributed by atoms with E-state index in [1.807, 2.05) is 31.2 Å². The molecule has 1 saturated heterocycles. The number of amides is 4. The van der Waals surface area contributed by atoms with Gasteiger partial charge < -0.3 is 10.2 Å². The second-order valence-electron chi connectivity index (χ2n) is 6.61. The first-order valence-corrected chi connectivity index (χ1v) is 8.91. The van der Waals surface area contributed by atoms with Crippen LogP contribution in [0.2, 0.25) is 0 Å². The summed E-state index contributed by atoms with van der Waals surface area (Å²) >= 11 is 0. The van der Waals surface area contributed by atoms with Gasteiger partial charge >= 0.3 is 6.03 Å². The number of nitriles is 1. The van der Waals surface area contributed by atoms with Gasteiger partial charge in [0.25, 0.3) is 5.91 Å². The molecular weight excluding hydrogens is 356 g/mol. The molecule has 0 unspecified atom stereocenters. The lowest BCUT2D eigenvalue weighted by Crippen LogP contribution is -2.44. The summed E-state index contributed by atoms with van der Waals surface area (Å²) in [5.74, 6) is -0.878. The molecule has 28 heavy (non-hydrogen) atoms. The summed E-state index contributed by atoms with van der Waals surface area (Å²) < 4.78 is 0. The van der Waals surface area contributed by atoms with Crippen LogP contribution in [0.5, 0.6) is 0 Å². The molecule has 1 aliphatic rings. The molecule has 4 amide bonds. The molecule has 1 N–H and O–H groups in total. The lowest BCUT2D eigenvalue weighted by Gasteiger charge is -2.24. The standard InChI is InChI=1S/C21H20N4O3/c1-3-24(17-10-5-4-6-11-17)18(26)14-25-19(27)21(2,23-20(25)28)16-9-7-8-15(12-16)13-22/h4-12H,3,14H2,1-2H3,(H,23,28)/t21-/m1/s1. The van der Waals surface area contributed by atoms with Crippen LogP contribution in [0.15, 0.2) is 54.6 Å². The Morgan fingerprint density at radius 1 is 1.18 bits per heavy atom. The molecule has 142 valence electrons. The molecule has 0 aromatic heterocycles. The Balaban J connectivity index is 1.84. The second kappa shape index (κ2) is 7.53. The average molecular weight is 376 g/mol. The Morgan fingerprint density at radius 2 is 1.89 bits per heavy atom. The summed E-state index contributed by atoms with van der Waals surface area (Å²) in [7, 11) is 0. The van der Waals surface area contributed by atoms with Gasteiger partial charge in [-0.25, -0.2) is 4.79 Å². The van der Waals surface area contributed by atoms with Crippen LogP contribution in [0.3, 0.4) is 0 Å². The maximum Gasteiger partial charge on any atom is 0.325 e. The van der Waals surface area contributed by atoms with Gasteiger partial charge in [0.15, 0.2) is 0 Å². The van der Waals surface area contributed by atoms with Gasteiger partial charge in [0.05, 0.1) is 11.6 Å². The summed E-state index contributed by atoms with van der Waals surface area (Å²) in [6.45, 7) is 3.45. The van der Waals surface area contributed by atoms with Crippen LogP contribution in [-0.4, -0.2) is 35.8 Å². The predicted octanol–water partition coefficient (Wildman–Crippen LogP) is 2.38. The van der Waals surface area contributed by atoms with Crippen molar-refractivity contribution >= 4 is 23.5 Å². The Labute approximate surface area is 163 Å². The van der Waals surface area contributed by atoms with Crippen LogP contribution >= 0.6 is 0 Å². The number of hydrogen-bond acceptors (Lipinski definition) is 4. The number of likely N-dealkylation sites (N-methyl/N-ethyl adjacent to an activating group) is 1. The van der Waals surface area contributed by atoms with Crippen molar-refractivity contribution in [2.45, 2.75) is 19.4 Å². The summed E-state index contributed by atoms with van der Waals surface area (Å²) in [5, 5.41) is 11.7. The van der Waals surface area contributed by atoms with E-state index in [-0.39, 0.29) is 12.5 Å². The van der Waals surface area contributed by atoms with Gasteiger partial charge in [-0.1, -0.05) is 30.3 Å². The molecule has 2 aromatic rings. The Morgan fingerprint density at radius 3 is 2.54 bits per heavy atom. The summed E-state index contributed by atoms with van der Waals surface area (Å²) in [4.78, 5) is 40.7. The minimum atomic E-state index is -1.33. The van der Waals surface area contributed by atoms with Gasteiger partial charge in [-0.2, -0.15) is 5.26 Å². The number of anilines is 1. The first-order valence-electron chi connectivity index (χ1n) is 8.91. The predicted molar refractivity (Wildman–Crippen MR) is 103 cm³/mol. The lowest BCUT2D eigenvalue weighted by molar-refractivity contribution is -0.134. The monoisotopic (exact) mass is 376 g/mol. The zero-order valence-corrected chi connectivity index (χ0v) is 15.7. The van der Waals surface area contributed by atoms with Crippen molar-refractivity contribution in [1.29, 1.82) is 5.26 Å². The Bertz CT molecular complexity index is 967. The number of benzene rings is 2. The van der Waals surface area contributed by atoms with Crippen LogP contribution in [0.4, 0.5) is 10.5 Å². The molecule has 3 rings (SSSR count). The molecule has 1 atom stereocenters. The van der Waals surface area contributed by atoms with E-state index in [9.17, 15) is 14.4 Å². The molecule has 0 bridgehead atoms. The number of urea groups is 1. The van der Waals surface area contributed by atoms with Crippen LogP contribution in [0, 0.1) is 11.3 Å². The fourth-order valence-corrected chi connectivity index (χ4v) is 3.27. The third-order valence-corrected chi connectivity index (χ3v) is 4.82. The van der Waals surface area contributed by atoms with E-state index < -0.39 is 17.5 Å². The summed E-state index contributed by atoms with van der Waals surface area (Å²) in [6.07, 6.45) is 0. The topological polar surface area (TPSA) is 93.5 Å². The molecule has 0 spiro atoms. The van der Waals surface area contributed by atoms with Crippen molar-refractivity contribution < 1.29 is 14.4 Å². The molecule has 1 heterocycles. The van der Waals surface area contributed by atoms with Gasteiger partial charge in [0.1, 0.15) is 12.1 Å². The van der Waals surface area contributed by atoms with Crippen molar-refractivity contribution in [3.8, 4) is 6.07 Å². The molecule has 2 aromatic carbocycles. The van der Waals surface area contributed by atoms with Gasteiger partial charge in [-0.3, -0.25) is 14.5 Å². The van der Waals surface area contributed by atoms with Gasteiger partial charge in [-0.05, 0) is 43.7 Å². The first kappa shape index (κ1) is 19.1. The Kier molecular flexibility index (Phi) is 5.14. The van der Waals surface area contributed by atoms with Crippen molar-refractivity contribution in [3.63, 3.8) is 0 Å². The van der Waals surface area contributed by atoms with Crippen LogP contribution in [0.1, 0.15) is 25.0 Å². The van der Waals surface area contributed by atoms with Crippen LogP contribution < -0.4 is 10.2 Å². The number of rotatable bonds is 5. The zero-order valence-electron chi connectivity index (χ0n) is 15.7. The molecule has 1 fully saturated rings. The molecule has 0 aliphatic carbocycles. The van der Waals surface area contributed by atoms with Crippen LogP contribution in [0.25, 0.3) is 0 Å². The molecule has 0 radical (unpaired) electrons. The van der Waals surface area contributed by atoms with E-state index in [0.29, 0.717) is 23.4 Å². The number of carbonyl (C=O) groups excluding carboxylic acids is 3. The van der Waals surface area contributed by atoms with E-state index in [4.69, 9.17) is 5.26 Å². The van der Waals surface area contributed by atoms with Gasteiger partial charge in [0, 0.05) is 12.2 Å². The molecule has 1 aliphatic heterocycles. The van der Waals surface area contributed by atoms with Gasteiger partial charge in [0.2, 0.25) is 5.91 Å². The molecule has 7 heteroatoms. The molecule has 0 saturated carbocycles. The minimum Gasteiger partial charge on any atom is -0.319 e. The van der Waals surface area contributed by atoms with Gasteiger partial charge in [-0.15, -0.1) is 0 Å². The lowest BCUT2D eigenvalue weighted by atomic mass is 9.91. The highest BCUT2D eigenvalue weighted by Crippen LogP contribution is 2.29. The quantitative estimate of drug-likeness (QED) is 0.811. The third kappa shape index (κ3) is 3.32. The summed E-state index contributed by atoms with van der Waals surface area (Å²) in [6, 6.07) is 17.0. The fourth-order valence-electron chi connectivity index (χ4n) is 3.27. The minimum absolute atomic E-state index is 0.354. The van der Waals surface area contributed by atoms with E-state index in [2.05, 4.69) is 5.32 Å². The van der Waals surface area contributed by atoms with E-state index in [1.165, 1.54) is 4.90 Å². The maximum atomic E-state index is 13.0. The molecule has 7 nitrogen and oxygen atoms in total. The normalized spacial score (nSPS) is 18.5. The third-order valence-electron chi connectivity index (χ3n) is 4.82. The first-order chi connectivity index (χ1) is 13.4. The van der Waals surface area contributed by atoms with Crippen molar-refractivity contribution in [3.05, 3.63) is 65.7 Å². The van der Waals surface area contributed by atoms with Crippen molar-refractivity contribution in [2.24, 2.45) is 0 Å². The summed E-state index contributed by atoms with van der Waals surface area (Å²) in [5.41, 5.74) is 0.256. The number of nitrogens with zero attached hydrogens (tertiary/aromatic N) is 3. The number of imide groups is 1. The van der Waals surface area contributed by atoms with E-state index in [0.717, 1.165) is 4.90 Å². The average Bonchev–Trinajstić information content (AvgIpc) is 2.93. The van der Waals surface area contributed by atoms with Crippen LogP contribution in [-0.2, 0) is 15.1 Å². The molecular formula is C21H20N4O3. The number of para-hydroxylation sites is 1. The van der Waals surface area contributed by atoms with E-state index in [1.54, 1.807) is 43.3 Å².